The Kier molecular flexibility index (Phi) is 3.06. The zero-order valence-electron chi connectivity index (χ0n) is 7.90. The van der Waals surface area contributed by atoms with Crippen LogP contribution in [0.5, 0.6) is 0 Å². The summed E-state index contributed by atoms with van der Waals surface area (Å²) in [5, 5.41) is 8.60. The molecule has 1 rings (SSSR count). The number of hydrogen-bond donors (Lipinski definition) is 1. The first-order valence-electron chi connectivity index (χ1n) is 4.31. The highest BCUT2D eigenvalue weighted by Gasteiger charge is 2.07. The van der Waals surface area contributed by atoms with Crippen molar-refractivity contribution in [1.29, 1.82) is 0 Å². The van der Waals surface area contributed by atoms with Crippen LogP contribution in [0.3, 0.4) is 0 Å². The van der Waals surface area contributed by atoms with E-state index in [-0.39, 0.29) is 6.54 Å². The van der Waals surface area contributed by atoms with E-state index in [1.165, 1.54) is 0 Å². The van der Waals surface area contributed by atoms with Crippen molar-refractivity contribution in [3.05, 3.63) is 18.2 Å². The third kappa shape index (κ3) is 2.89. The molecule has 0 saturated carbocycles. The maximum atomic E-state index is 10.5. The van der Waals surface area contributed by atoms with E-state index in [1.54, 1.807) is 17.0 Å². The van der Waals surface area contributed by atoms with E-state index in [1.807, 2.05) is 0 Å². The summed E-state index contributed by atoms with van der Waals surface area (Å²) in [7, 11) is 0. The summed E-state index contributed by atoms with van der Waals surface area (Å²) in [4.78, 5) is 14.6. The van der Waals surface area contributed by atoms with Crippen LogP contribution in [0.25, 0.3) is 0 Å². The Hall–Kier alpha value is -1.32. The summed E-state index contributed by atoms with van der Waals surface area (Å²) in [5.41, 5.74) is 0. The molecule has 0 bridgehead atoms. The minimum absolute atomic E-state index is 0.00204. The van der Waals surface area contributed by atoms with Crippen molar-refractivity contribution in [2.24, 2.45) is 5.92 Å². The van der Waals surface area contributed by atoms with Crippen LogP contribution >= 0.6 is 0 Å². The maximum absolute atomic E-state index is 10.5. The summed E-state index contributed by atoms with van der Waals surface area (Å²) < 4.78 is 1.67. The van der Waals surface area contributed by atoms with Crippen LogP contribution in [0.1, 0.15) is 19.7 Å². The quantitative estimate of drug-likeness (QED) is 0.760. The molecule has 1 N–H and O–H groups in total. The van der Waals surface area contributed by atoms with Gasteiger partial charge in [0.15, 0.2) is 0 Å². The Labute approximate surface area is 77.2 Å². The average molecular weight is 182 g/mol. The van der Waals surface area contributed by atoms with Gasteiger partial charge in [-0.05, 0) is 5.92 Å². The molecule has 1 aromatic rings. The molecular weight excluding hydrogens is 168 g/mol. The molecule has 1 heterocycles. The smallest absolute Gasteiger partial charge is 0.323 e. The molecule has 0 atom stereocenters. The van der Waals surface area contributed by atoms with Gasteiger partial charge in [0.05, 0.1) is 0 Å². The average Bonchev–Trinajstić information content (AvgIpc) is 2.34. The Morgan fingerprint density at radius 2 is 2.38 bits per heavy atom. The molecule has 0 radical (unpaired) electrons. The maximum Gasteiger partial charge on any atom is 0.323 e. The van der Waals surface area contributed by atoms with Crippen LogP contribution in [0, 0.1) is 5.92 Å². The topological polar surface area (TPSA) is 55.1 Å². The number of aromatic nitrogens is 2. The van der Waals surface area contributed by atoms with Crippen molar-refractivity contribution in [3.8, 4) is 0 Å². The van der Waals surface area contributed by atoms with Crippen molar-refractivity contribution < 1.29 is 9.90 Å². The number of carboxylic acid groups (broad SMARTS) is 1. The molecule has 0 fully saturated rings. The largest absolute Gasteiger partial charge is 0.480 e. The van der Waals surface area contributed by atoms with E-state index in [0.717, 1.165) is 12.2 Å². The van der Waals surface area contributed by atoms with Gasteiger partial charge in [-0.25, -0.2) is 4.98 Å². The van der Waals surface area contributed by atoms with Crippen LogP contribution in [-0.2, 0) is 17.8 Å². The molecule has 0 spiro atoms. The lowest BCUT2D eigenvalue weighted by molar-refractivity contribution is -0.137. The third-order valence-electron chi connectivity index (χ3n) is 1.70. The number of imidazole rings is 1. The number of carboxylic acids is 1. The van der Waals surface area contributed by atoms with Crippen molar-refractivity contribution >= 4 is 5.97 Å². The van der Waals surface area contributed by atoms with Crippen molar-refractivity contribution in [3.63, 3.8) is 0 Å². The molecule has 72 valence electrons. The monoisotopic (exact) mass is 182 g/mol. The fraction of sp³-hybridized carbons (Fsp3) is 0.556. The van der Waals surface area contributed by atoms with E-state index in [0.29, 0.717) is 5.92 Å². The SMILES string of the molecule is CC(C)Cc1nccn1CC(=O)O. The first kappa shape index (κ1) is 9.77. The molecule has 0 aliphatic rings. The normalized spacial score (nSPS) is 10.7. The summed E-state index contributed by atoms with van der Waals surface area (Å²) >= 11 is 0. The van der Waals surface area contributed by atoms with Crippen LogP contribution < -0.4 is 0 Å². The van der Waals surface area contributed by atoms with Crippen LogP contribution in [0.15, 0.2) is 12.4 Å². The van der Waals surface area contributed by atoms with Gasteiger partial charge in [0.1, 0.15) is 12.4 Å². The Balaban J connectivity index is 2.71. The Bertz CT molecular complexity index is 292. The molecule has 0 unspecified atom stereocenters. The van der Waals surface area contributed by atoms with E-state index in [2.05, 4.69) is 18.8 Å². The fourth-order valence-corrected chi connectivity index (χ4v) is 1.18. The lowest BCUT2D eigenvalue weighted by atomic mass is 10.1. The minimum Gasteiger partial charge on any atom is -0.480 e. The summed E-state index contributed by atoms with van der Waals surface area (Å²) in [6.45, 7) is 4.17. The number of hydrogen-bond acceptors (Lipinski definition) is 2. The Morgan fingerprint density at radius 3 is 2.92 bits per heavy atom. The lowest BCUT2D eigenvalue weighted by Gasteiger charge is -2.06. The van der Waals surface area contributed by atoms with Gasteiger partial charge in [-0.2, -0.15) is 0 Å². The molecule has 0 saturated heterocycles. The van der Waals surface area contributed by atoms with E-state index in [4.69, 9.17) is 5.11 Å². The number of carbonyl (C=O) groups is 1. The third-order valence-corrected chi connectivity index (χ3v) is 1.70. The molecule has 0 aliphatic carbocycles. The van der Waals surface area contributed by atoms with Crippen molar-refractivity contribution in [2.45, 2.75) is 26.8 Å². The molecule has 1 aromatic heterocycles. The number of rotatable bonds is 4. The van der Waals surface area contributed by atoms with Crippen LogP contribution in [0.2, 0.25) is 0 Å². The molecule has 0 aromatic carbocycles. The van der Waals surface area contributed by atoms with Crippen molar-refractivity contribution in [1.82, 2.24) is 9.55 Å². The van der Waals surface area contributed by atoms with Gasteiger partial charge >= 0.3 is 5.97 Å². The second kappa shape index (κ2) is 4.07. The minimum atomic E-state index is -0.831. The standard InChI is InChI=1S/C9H14N2O2/c1-7(2)5-8-10-3-4-11(8)6-9(12)13/h3-4,7H,5-6H2,1-2H3,(H,12,13). The second-order valence-corrected chi connectivity index (χ2v) is 3.46. The van der Waals surface area contributed by atoms with Gasteiger partial charge in [0.25, 0.3) is 0 Å². The predicted molar refractivity (Wildman–Crippen MR) is 48.4 cm³/mol. The van der Waals surface area contributed by atoms with Gasteiger partial charge in [0, 0.05) is 18.8 Å². The van der Waals surface area contributed by atoms with Gasteiger partial charge in [-0.1, -0.05) is 13.8 Å². The fourth-order valence-electron chi connectivity index (χ4n) is 1.18. The molecule has 4 heteroatoms. The second-order valence-electron chi connectivity index (χ2n) is 3.46. The van der Waals surface area contributed by atoms with Gasteiger partial charge < -0.3 is 9.67 Å². The Morgan fingerprint density at radius 1 is 1.69 bits per heavy atom. The van der Waals surface area contributed by atoms with Crippen LogP contribution in [0.4, 0.5) is 0 Å². The van der Waals surface area contributed by atoms with Crippen LogP contribution in [-0.4, -0.2) is 20.6 Å². The first-order chi connectivity index (χ1) is 6.09. The molecule has 13 heavy (non-hydrogen) atoms. The van der Waals surface area contributed by atoms with Gasteiger partial charge in [0.2, 0.25) is 0 Å². The summed E-state index contributed by atoms with van der Waals surface area (Å²) in [6.07, 6.45) is 4.16. The molecule has 4 nitrogen and oxygen atoms in total. The van der Waals surface area contributed by atoms with E-state index >= 15 is 0 Å². The predicted octanol–water partition coefficient (Wildman–Crippen LogP) is 1.17. The van der Waals surface area contributed by atoms with Crippen molar-refractivity contribution in [2.75, 3.05) is 0 Å². The zero-order chi connectivity index (χ0) is 9.84. The zero-order valence-corrected chi connectivity index (χ0v) is 7.90. The molecule has 0 amide bonds. The number of nitrogens with zero attached hydrogens (tertiary/aromatic N) is 2. The summed E-state index contributed by atoms with van der Waals surface area (Å²) in [6, 6.07) is 0. The molecule has 0 aliphatic heterocycles. The van der Waals surface area contributed by atoms with E-state index in [9.17, 15) is 4.79 Å². The highest BCUT2D eigenvalue weighted by Crippen LogP contribution is 2.05. The van der Waals surface area contributed by atoms with E-state index < -0.39 is 5.97 Å². The molecular formula is C9H14N2O2. The number of aliphatic carboxylic acids is 1. The van der Waals surface area contributed by atoms with Gasteiger partial charge in [-0.15, -0.1) is 0 Å². The van der Waals surface area contributed by atoms with Gasteiger partial charge in [-0.3, -0.25) is 4.79 Å². The first-order valence-corrected chi connectivity index (χ1v) is 4.31. The summed E-state index contributed by atoms with van der Waals surface area (Å²) in [5.74, 6) is 0.510. The highest BCUT2D eigenvalue weighted by molar-refractivity contribution is 5.66. The lowest BCUT2D eigenvalue weighted by Crippen LogP contribution is -2.12. The highest BCUT2D eigenvalue weighted by atomic mass is 16.4.